The molecule has 0 radical (unpaired) electrons. The van der Waals surface area contributed by atoms with E-state index in [9.17, 15) is 13.2 Å². The summed E-state index contributed by atoms with van der Waals surface area (Å²) >= 11 is 0. The van der Waals surface area contributed by atoms with Crippen molar-refractivity contribution in [1.29, 1.82) is 0 Å². The highest BCUT2D eigenvalue weighted by atomic mass is 32.2. The van der Waals surface area contributed by atoms with Crippen molar-refractivity contribution in [3.8, 4) is 0 Å². The molecule has 0 heterocycles. The van der Waals surface area contributed by atoms with Gasteiger partial charge >= 0.3 is 16.1 Å². The molecule has 0 saturated carbocycles. The van der Waals surface area contributed by atoms with Gasteiger partial charge in [0.15, 0.2) is 0 Å². The van der Waals surface area contributed by atoms with Gasteiger partial charge in [-0.05, 0) is 30.5 Å². The van der Waals surface area contributed by atoms with E-state index in [-0.39, 0.29) is 4.90 Å². The zero-order chi connectivity index (χ0) is 12.3. The van der Waals surface area contributed by atoms with E-state index in [1.165, 1.54) is 6.07 Å². The molecule has 0 aliphatic carbocycles. The van der Waals surface area contributed by atoms with Crippen LogP contribution in [-0.2, 0) is 25.5 Å². The lowest BCUT2D eigenvalue weighted by Gasteiger charge is -2.10. The average molecular weight is 242 g/mol. The van der Waals surface area contributed by atoms with Crippen molar-refractivity contribution in [3.63, 3.8) is 0 Å². The van der Waals surface area contributed by atoms with Crippen LogP contribution < -0.4 is 0 Å². The van der Waals surface area contributed by atoms with Gasteiger partial charge in [-0.15, -0.1) is 0 Å². The van der Waals surface area contributed by atoms with Gasteiger partial charge in [0, 0.05) is 6.92 Å². The molecule has 1 rings (SSSR count). The third-order valence-electron chi connectivity index (χ3n) is 2.22. The molecule has 0 bridgehead atoms. The quantitative estimate of drug-likeness (QED) is 0.758. The highest BCUT2D eigenvalue weighted by Gasteiger charge is 2.21. The van der Waals surface area contributed by atoms with E-state index in [2.05, 4.69) is 4.18 Å². The SMILES string of the molecule is CCc1c(C)cccc1S(=O)(=O)OC(C)=O. The lowest BCUT2D eigenvalue weighted by atomic mass is 10.1. The first-order valence-electron chi connectivity index (χ1n) is 4.92. The predicted octanol–water partition coefficient (Wildman–Crippen LogP) is 1.81. The molecule has 0 amide bonds. The fourth-order valence-corrected chi connectivity index (χ4v) is 2.81. The zero-order valence-electron chi connectivity index (χ0n) is 9.48. The molecular formula is C11H14O4S. The number of carbonyl (C=O) groups is 1. The fourth-order valence-electron chi connectivity index (χ4n) is 1.56. The van der Waals surface area contributed by atoms with E-state index in [4.69, 9.17) is 0 Å². The van der Waals surface area contributed by atoms with Crippen molar-refractivity contribution in [3.05, 3.63) is 29.3 Å². The summed E-state index contributed by atoms with van der Waals surface area (Å²) in [6, 6.07) is 4.90. The summed E-state index contributed by atoms with van der Waals surface area (Å²) in [4.78, 5) is 10.8. The molecule has 0 aromatic heterocycles. The fraction of sp³-hybridized carbons (Fsp3) is 0.364. The maximum atomic E-state index is 11.7. The maximum absolute atomic E-state index is 11.7. The standard InChI is InChI=1S/C11H14O4S/c1-4-10-8(2)6-5-7-11(10)16(13,14)15-9(3)12/h5-7H,4H2,1-3H3. The second kappa shape index (κ2) is 4.65. The monoisotopic (exact) mass is 242 g/mol. The second-order valence-corrected chi connectivity index (χ2v) is 4.95. The number of rotatable bonds is 3. The molecule has 0 saturated heterocycles. The van der Waals surface area contributed by atoms with Gasteiger partial charge in [0.05, 0.1) is 0 Å². The van der Waals surface area contributed by atoms with Gasteiger partial charge < -0.3 is 4.18 Å². The first-order chi connectivity index (χ1) is 7.38. The third-order valence-corrected chi connectivity index (χ3v) is 3.59. The summed E-state index contributed by atoms with van der Waals surface area (Å²) in [7, 11) is -3.97. The lowest BCUT2D eigenvalue weighted by Crippen LogP contribution is -2.12. The van der Waals surface area contributed by atoms with E-state index in [0.29, 0.717) is 12.0 Å². The largest absolute Gasteiger partial charge is 0.343 e. The van der Waals surface area contributed by atoms with Crippen LogP contribution in [-0.4, -0.2) is 14.4 Å². The lowest BCUT2D eigenvalue weighted by molar-refractivity contribution is -0.131. The Kier molecular flexibility index (Phi) is 3.70. The topological polar surface area (TPSA) is 60.4 Å². The number of hydrogen-bond donors (Lipinski definition) is 0. The molecule has 0 atom stereocenters. The number of benzene rings is 1. The molecule has 0 N–H and O–H groups in total. The van der Waals surface area contributed by atoms with Crippen molar-refractivity contribution in [2.24, 2.45) is 0 Å². The molecule has 1 aromatic carbocycles. The first-order valence-corrected chi connectivity index (χ1v) is 6.33. The van der Waals surface area contributed by atoms with Crippen molar-refractivity contribution >= 4 is 16.1 Å². The Morgan fingerprint density at radius 3 is 2.50 bits per heavy atom. The minimum absolute atomic E-state index is 0.0743. The zero-order valence-corrected chi connectivity index (χ0v) is 10.3. The molecule has 1 aromatic rings. The van der Waals surface area contributed by atoms with Gasteiger partial charge in [-0.3, -0.25) is 4.79 Å². The Balaban J connectivity index is 3.33. The highest BCUT2D eigenvalue weighted by Crippen LogP contribution is 2.21. The maximum Gasteiger partial charge on any atom is 0.341 e. The molecule has 0 aliphatic heterocycles. The molecule has 88 valence electrons. The van der Waals surface area contributed by atoms with Crippen LogP contribution in [0.5, 0.6) is 0 Å². The molecule has 0 unspecified atom stereocenters. The second-order valence-electron chi connectivity index (χ2n) is 3.43. The molecular weight excluding hydrogens is 228 g/mol. The Labute approximate surface area is 95.4 Å². The summed E-state index contributed by atoms with van der Waals surface area (Å²) in [5.74, 6) is -0.830. The summed E-state index contributed by atoms with van der Waals surface area (Å²) in [5.41, 5.74) is 1.56. The Hall–Kier alpha value is -1.36. The Morgan fingerprint density at radius 1 is 1.38 bits per heavy atom. The molecule has 0 aliphatic rings. The van der Waals surface area contributed by atoms with Gasteiger partial charge in [-0.25, -0.2) is 0 Å². The van der Waals surface area contributed by atoms with Crippen molar-refractivity contribution < 1.29 is 17.4 Å². The molecule has 16 heavy (non-hydrogen) atoms. The molecule has 5 heteroatoms. The van der Waals surface area contributed by atoms with E-state index in [1.54, 1.807) is 6.07 Å². The number of aryl methyl sites for hydroxylation is 1. The number of carbonyl (C=O) groups excluding carboxylic acids is 1. The molecule has 0 fully saturated rings. The summed E-state index contributed by atoms with van der Waals surface area (Å²) in [6.45, 7) is 4.75. The van der Waals surface area contributed by atoms with Gasteiger partial charge in [0.25, 0.3) is 0 Å². The third kappa shape index (κ3) is 2.61. The molecule has 4 nitrogen and oxygen atoms in total. The van der Waals surface area contributed by atoms with Gasteiger partial charge in [0.2, 0.25) is 0 Å². The van der Waals surface area contributed by atoms with Crippen LogP contribution in [0.1, 0.15) is 25.0 Å². The van der Waals surface area contributed by atoms with Crippen LogP contribution in [0.15, 0.2) is 23.1 Å². The molecule has 0 spiro atoms. The van der Waals surface area contributed by atoms with E-state index in [0.717, 1.165) is 12.5 Å². The van der Waals surface area contributed by atoms with Crippen LogP contribution in [0.4, 0.5) is 0 Å². The van der Waals surface area contributed by atoms with Crippen molar-refractivity contribution in [2.45, 2.75) is 32.1 Å². The Morgan fingerprint density at radius 2 is 2.00 bits per heavy atom. The van der Waals surface area contributed by atoms with Crippen molar-refractivity contribution in [2.75, 3.05) is 0 Å². The smallest absolute Gasteiger partial charge is 0.341 e. The van der Waals surface area contributed by atoms with Gasteiger partial charge in [0.1, 0.15) is 4.90 Å². The van der Waals surface area contributed by atoms with E-state index >= 15 is 0 Å². The number of hydrogen-bond acceptors (Lipinski definition) is 4. The van der Waals surface area contributed by atoms with Crippen LogP contribution in [0, 0.1) is 6.92 Å². The van der Waals surface area contributed by atoms with Crippen molar-refractivity contribution in [1.82, 2.24) is 0 Å². The van der Waals surface area contributed by atoms with Crippen LogP contribution in [0.2, 0.25) is 0 Å². The normalized spacial score (nSPS) is 11.2. The summed E-state index contributed by atoms with van der Waals surface area (Å²) in [5, 5.41) is 0. The van der Waals surface area contributed by atoms with E-state index in [1.807, 2.05) is 19.9 Å². The van der Waals surface area contributed by atoms with E-state index < -0.39 is 16.1 Å². The first kappa shape index (κ1) is 12.7. The van der Waals surface area contributed by atoms with Crippen LogP contribution in [0.3, 0.4) is 0 Å². The van der Waals surface area contributed by atoms with Gasteiger partial charge in [-0.2, -0.15) is 8.42 Å². The summed E-state index contributed by atoms with van der Waals surface area (Å²) < 4.78 is 27.8. The highest BCUT2D eigenvalue weighted by molar-refractivity contribution is 7.87. The predicted molar refractivity (Wildman–Crippen MR) is 59.5 cm³/mol. The van der Waals surface area contributed by atoms with Crippen LogP contribution in [0.25, 0.3) is 0 Å². The minimum atomic E-state index is -3.97. The Bertz CT molecular complexity index is 503. The van der Waals surface area contributed by atoms with Crippen LogP contribution >= 0.6 is 0 Å². The average Bonchev–Trinajstić information content (AvgIpc) is 2.15. The minimum Gasteiger partial charge on any atom is -0.343 e. The van der Waals surface area contributed by atoms with Gasteiger partial charge in [-0.1, -0.05) is 19.1 Å². The summed E-state index contributed by atoms with van der Waals surface area (Å²) in [6.07, 6.45) is 0.572.